The third kappa shape index (κ3) is 2.94. The van der Waals surface area contributed by atoms with Crippen molar-refractivity contribution in [1.82, 2.24) is 0 Å². The molecule has 0 aromatic heterocycles. The van der Waals surface area contributed by atoms with Gasteiger partial charge in [0.05, 0.1) is 0 Å². The molecule has 0 aliphatic rings. The maximum absolute atomic E-state index is 12.5. The molecule has 0 spiro atoms. The second kappa shape index (κ2) is 6.15. The van der Waals surface area contributed by atoms with E-state index in [2.05, 4.69) is 43.3 Å². The molecule has 0 unspecified atom stereocenters. The van der Waals surface area contributed by atoms with E-state index in [0.29, 0.717) is 6.42 Å². The lowest BCUT2D eigenvalue weighted by atomic mass is 9.89. The van der Waals surface area contributed by atoms with Gasteiger partial charge in [-0.1, -0.05) is 79.2 Å². The molecule has 3 rings (SSSR count). The fourth-order valence-electron chi connectivity index (χ4n) is 2.93. The average Bonchev–Trinajstić information content (AvgIpc) is 2.54. The van der Waals surface area contributed by atoms with E-state index in [0.717, 1.165) is 5.56 Å². The first-order valence-electron chi connectivity index (χ1n) is 7.72. The molecule has 0 amide bonds. The van der Waals surface area contributed by atoms with E-state index in [1.807, 2.05) is 37.3 Å². The number of hydrogen-bond donors (Lipinski definition) is 0. The van der Waals surface area contributed by atoms with Crippen LogP contribution < -0.4 is 0 Å². The molecule has 3 aromatic carbocycles. The molecule has 1 nitrogen and oxygen atoms in total. The summed E-state index contributed by atoms with van der Waals surface area (Å²) in [5.74, 6) is 0.417. The minimum Gasteiger partial charge on any atom is -0.294 e. The van der Waals surface area contributed by atoms with Crippen LogP contribution in [0, 0.1) is 6.92 Å². The first kappa shape index (κ1) is 14.5. The van der Waals surface area contributed by atoms with Gasteiger partial charge in [-0.15, -0.1) is 0 Å². The molecule has 110 valence electrons. The Bertz CT molecular complexity index is 794. The molecular weight excluding hydrogens is 268 g/mol. The molecule has 1 atom stereocenters. The van der Waals surface area contributed by atoms with Crippen molar-refractivity contribution in [2.75, 3.05) is 0 Å². The van der Waals surface area contributed by atoms with Crippen LogP contribution in [0.4, 0.5) is 0 Å². The van der Waals surface area contributed by atoms with Crippen LogP contribution in [0.2, 0.25) is 0 Å². The number of carbonyl (C=O) groups is 1. The molecule has 0 heterocycles. The summed E-state index contributed by atoms with van der Waals surface area (Å²) in [5, 5.41) is 2.48. The Hall–Kier alpha value is -2.41. The van der Waals surface area contributed by atoms with Crippen molar-refractivity contribution in [2.45, 2.75) is 26.2 Å². The third-order valence-electron chi connectivity index (χ3n) is 4.22. The van der Waals surface area contributed by atoms with Crippen LogP contribution in [0.15, 0.2) is 66.7 Å². The summed E-state index contributed by atoms with van der Waals surface area (Å²) < 4.78 is 0. The second-order valence-corrected chi connectivity index (χ2v) is 5.96. The predicted molar refractivity (Wildman–Crippen MR) is 92.5 cm³/mol. The summed E-state index contributed by atoms with van der Waals surface area (Å²) in [6.07, 6.45) is 0.539. The number of Topliss-reactive ketones (excluding diaryl/α,β-unsaturated/α-hetero) is 1. The van der Waals surface area contributed by atoms with E-state index >= 15 is 0 Å². The van der Waals surface area contributed by atoms with Crippen LogP contribution in [0.5, 0.6) is 0 Å². The molecule has 1 heteroatoms. The van der Waals surface area contributed by atoms with Crippen LogP contribution in [0.1, 0.15) is 40.7 Å². The lowest BCUT2D eigenvalue weighted by Crippen LogP contribution is -2.05. The van der Waals surface area contributed by atoms with Gasteiger partial charge < -0.3 is 0 Å². The van der Waals surface area contributed by atoms with Crippen LogP contribution in [0.3, 0.4) is 0 Å². The molecule has 0 aliphatic carbocycles. The lowest BCUT2D eigenvalue weighted by molar-refractivity contribution is 0.0976. The van der Waals surface area contributed by atoms with Gasteiger partial charge in [-0.3, -0.25) is 4.79 Å². The van der Waals surface area contributed by atoms with Crippen molar-refractivity contribution in [3.05, 3.63) is 83.4 Å². The summed E-state index contributed by atoms with van der Waals surface area (Å²) in [5.41, 5.74) is 3.23. The highest BCUT2D eigenvalue weighted by atomic mass is 16.1. The first-order chi connectivity index (χ1) is 10.6. The summed E-state index contributed by atoms with van der Waals surface area (Å²) in [6, 6.07) is 22.5. The molecule has 3 aromatic rings. The zero-order valence-electron chi connectivity index (χ0n) is 13.0. The Morgan fingerprint density at radius 2 is 1.59 bits per heavy atom. The number of aryl methyl sites for hydroxylation is 1. The topological polar surface area (TPSA) is 17.1 Å². The summed E-state index contributed by atoms with van der Waals surface area (Å²) in [4.78, 5) is 12.5. The zero-order valence-corrected chi connectivity index (χ0v) is 13.0. The maximum atomic E-state index is 12.5. The normalized spacial score (nSPS) is 12.3. The van der Waals surface area contributed by atoms with E-state index < -0.39 is 0 Å². The summed E-state index contributed by atoms with van der Waals surface area (Å²) >= 11 is 0. The maximum Gasteiger partial charge on any atom is 0.163 e. The number of rotatable bonds is 4. The van der Waals surface area contributed by atoms with Gasteiger partial charge in [-0.25, -0.2) is 0 Å². The van der Waals surface area contributed by atoms with Gasteiger partial charge in [0.15, 0.2) is 5.78 Å². The van der Waals surface area contributed by atoms with Crippen molar-refractivity contribution >= 4 is 16.6 Å². The summed E-state index contributed by atoms with van der Waals surface area (Å²) in [7, 11) is 0. The van der Waals surface area contributed by atoms with Gasteiger partial charge >= 0.3 is 0 Å². The molecule has 0 saturated heterocycles. The standard InChI is InChI=1S/C21H20O/c1-15-10-12-18(13-11-15)21(22)14-16(2)19-9-5-7-17-6-3-4-8-20(17)19/h3-13,16H,14H2,1-2H3/t16-/m0/s1. The smallest absolute Gasteiger partial charge is 0.163 e. The minimum absolute atomic E-state index is 0.208. The van der Waals surface area contributed by atoms with Crippen molar-refractivity contribution < 1.29 is 4.79 Å². The monoisotopic (exact) mass is 288 g/mol. The highest BCUT2D eigenvalue weighted by molar-refractivity contribution is 5.97. The third-order valence-corrected chi connectivity index (χ3v) is 4.22. The van der Waals surface area contributed by atoms with Crippen LogP contribution >= 0.6 is 0 Å². The van der Waals surface area contributed by atoms with Crippen LogP contribution in [0.25, 0.3) is 10.8 Å². The molecule has 22 heavy (non-hydrogen) atoms. The molecule has 0 fully saturated rings. The predicted octanol–water partition coefficient (Wildman–Crippen LogP) is 5.52. The second-order valence-electron chi connectivity index (χ2n) is 5.96. The lowest BCUT2D eigenvalue weighted by Gasteiger charge is -2.14. The zero-order chi connectivity index (χ0) is 15.5. The average molecular weight is 288 g/mol. The van der Waals surface area contributed by atoms with Gasteiger partial charge in [-0.2, -0.15) is 0 Å². The van der Waals surface area contributed by atoms with Gasteiger partial charge in [0.1, 0.15) is 0 Å². The van der Waals surface area contributed by atoms with E-state index in [1.54, 1.807) is 0 Å². The fraction of sp³-hybridized carbons (Fsp3) is 0.190. The molecule has 0 aliphatic heterocycles. The molecule has 0 N–H and O–H groups in total. The fourth-order valence-corrected chi connectivity index (χ4v) is 2.93. The Labute approximate surface area is 131 Å². The van der Waals surface area contributed by atoms with E-state index in [-0.39, 0.29) is 11.7 Å². The van der Waals surface area contributed by atoms with Crippen molar-refractivity contribution in [2.24, 2.45) is 0 Å². The van der Waals surface area contributed by atoms with Crippen LogP contribution in [-0.2, 0) is 0 Å². The van der Waals surface area contributed by atoms with Crippen molar-refractivity contribution in [3.63, 3.8) is 0 Å². The Balaban J connectivity index is 1.85. The van der Waals surface area contributed by atoms with Crippen LogP contribution in [-0.4, -0.2) is 5.78 Å². The molecular formula is C21H20O. The Morgan fingerprint density at radius 3 is 2.36 bits per heavy atom. The quantitative estimate of drug-likeness (QED) is 0.577. The number of ketones is 1. The SMILES string of the molecule is Cc1ccc(C(=O)C[C@H](C)c2cccc3ccccc23)cc1. The molecule has 0 saturated carbocycles. The van der Waals surface area contributed by atoms with Gasteiger partial charge in [-0.05, 0) is 29.2 Å². The van der Waals surface area contributed by atoms with E-state index in [4.69, 9.17) is 0 Å². The number of benzene rings is 3. The van der Waals surface area contributed by atoms with E-state index in [9.17, 15) is 4.79 Å². The van der Waals surface area contributed by atoms with Crippen molar-refractivity contribution in [1.29, 1.82) is 0 Å². The first-order valence-corrected chi connectivity index (χ1v) is 7.72. The molecule has 0 bridgehead atoms. The molecule has 0 radical (unpaired) electrons. The van der Waals surface area contributed by atoms with E-state index in [1.165, 1.54) is 21.9 Å². The highest BCUT2D eigenvalue weighted by Crippen LogP contribution is 2.28. The van der Waals surface area contributed by atoms with Gasteiger partial charge in [0.25, 0.3) is 0 Å². The highest BCUT2D eigenvalue weighted by Gasteiger charge is 2.14. The minimum atomic E-state index is 0.208. The van der Waals surface area contributed by atoms with Gasteiger partial charge in [0.2, 0.25) is 0 Å². The number of fused-ring (bicyclic) bond motifs is 1. The number of carbonyl (C=O) groups excluding carboxylic acids is 1. The van der Waals surface area contributed by atoms with Gasteiger partial charge in [0, 0.05) is 12.0 Å². The van der Waals surface area contributed by atoms with Crippen molar-refractivity contribution in [3.8, 4) is 0 Å². The number of hydrogen-bond acceptors (Lipinski definition) is 1. The largest absolute Gasteiger partial charge is 0.294 e. The Kier molecular flexibility index (Phi) is 4.06. The summed E-state index contributed by atoms with van der Waals surface area (Å²) in [6.45, 7) is 4.17. The Morgan fingerprint density at radius 1 is 0.909 bits per heavy atom.